The third-order valence-electron chi connectivity index (χ3n) is 4.66. The monoisotopic (exact) mass is 502 g/mol. The van der Waals surface area contributed by atoms with E-state index in [1.165, 1.54) is 17.8 Å². The Bertz CT molecular complexity index is 1260. The number of aromatic nitrogens is 2. The molecule has 32 heavy (non-hydrogen) atoms. The predicted octanol–water partition coefficient (Wildman–Crippen LogP) is 7.56. The minimum absolute atomic E-state index is 0.0335. The number of ether oxygens (including phenoxy) is 1. The molecule has 0 aliphatic carbocycles. The Labute approximate surface area is 205 Å². The van der Waals surface area contributed by atoms with E-state index in [1.54, 1.807) is 16.8 Å². The molecule has 0 amide bonds. The van der Waals surface area contributed by atoms with E-state index in [-0.39, 0.29) is 17.2 Å². The van der Waals surface area contributed by atoms with E-state index in [1.807, 2.05) is 61.6 Å². The van der Waals surface area contributed by atoms with Gasteiger partial charge in [0.15, 0.2) is 0 Å². The lowest BCUT2D eigenvalue weighted by Gasteiger charge is -2.10. The second-order valence-electron chi connectivity index (χ2n) is 6.88. The van der Waals surface area contributed by atoms with E-state index in [4.69, 9.17) is 44.6 Å². The molecule has 0 aliphatic rings. The highest BCUT2D eigenvalue weighted by Crippen LogP contribution is 2.36. The first-order chi connectivity index (χ1) is 15.4. The average Bonchev–Trinajstić information content (AvgIpc) is 3.09. The molecule has 0 spiro atoms. The molecule has 4 nitrogen and oxygen atoms in total. The molecule has 0 aliphatic heterocycles. The molecule has 1 aromatic heterocycles. The van der Waals surface area contributed by atoms with Crippen LogP contribution in [0.2, 0.25) is 15.1 Å². The predicted molar refractivity (Wildman–Crippen MR) is 130 cm³/mol. The SMILES string of the molecule is Cn1nc(-c2ccccc2)c(COC(=O)c2ccc(Cl)cc2Cl)c1Sc1ccc(Cl)cc1. The van der Waals surface area contributed by atoms with Crippen molar-refractivity contribution in [2.24, 2.45) is 7.05 Å². The maximum absolute atomic E-state index is 12.7. The van der Waals surface area contributed by atoms with Crippen LogP contribution in [0.4, 0.5) is 0 Å². The lowest BCUT2D eigenvalue weighted by molar-refractivity contribution is 0.0470. The third kappa shape index (κ3) is 5.13. The average molecular weight is 504 g/mol. The third-order valence-corrected chi connectivity index (χ3v) is 6.67. The van der Waals surface area contributed by atoms with Crippen LogP contribution in [0.25, 0.3) is 11.3 Å². The van der Waals surface area contributed by atoms with Gasteiger partial charge >= 0.3 is 5.97 Å². The van der Waals surface area contributed by atoms with Gasteiger partial charge in [-0.05, 0) is 42.5 Å². The van der Waals surface area contributed by atoms with Crippen LogP contribution in [0.1, 0.15) is 15.9 Å². The summed E-state index contributed by atoms with van der Waals surface area (Å²) in [5, 5.41) is 6.93. The molecule has 8 heteroatoms. The molecule has 162 valence electrons. The second-order valence-corrected chi connectivity index (χ2v) is 9.22. The summed E-state index contributed by atoms with van der Waals surface area (Å²) in [7, 11) is 1.87. The zero-order valence-electron chi connectivity index (χ0n) is 16.9. The van der Waals surface area contributed by atoms with Crippen molar-refractivity contribution in [3.05, 3.63) is 99.0 Å². The van der Waals surface area contributed by atoms with Gasteiger partial charge in [-0.3, -0.25) is 4.68 Å². The van der Waals surface area contributed by atoms with E-state index in [2.05, 4.69) is 0 Å². The van der Waals surface area contributed by atoms with Gasteiger partial charge in [-0.1, -0.05) is 76.9 Å². The summed E-state index contributed by atoms with van der Waals surface area (Å²) in [6.45, 7) is 0.0335. The number of hydrogen-bond acceptors (Lipinski definition) is 4. The van der Waals surface area contributed by atoms with E-state index in [9.17, 15) is 4.79 Å². The highest BCUT2D eigenvalue weighted by molar-refractivity contribution is 7.99. The Kier molecular flexibility index (Phi) is 7.11. The van der Waals surface area contributed by atoms with Crippen molar-refractivity contribution in [2.45, 2.75) is 16.5 Å². The van der Waals surface area contributed by atoms with E-state index < -0.39 is 5.97 Å². The number of esters is 1. The highest BCUT2D eigenvalue weighted by atomic mass is 35.5. The van der Waals surface area contributed by atoms with Gasteiger partial charge in [0.2, 0.25) is 0 Å². The van der Waals surface area contributed by atoms with Gasteiger partial charge in [0.05, 0.1) is 10.6 Å². The zero-order valence-corrected chi connectivity index (χ0v) is 20.0. The van der Waals surface area contributed by atoms with Crippen molar-refractivity contribution >= 4 is 52.5 Å². The molecule has 0 saturated carbocycles. The second kappa shape index (κ2) is 10.0. The Balaban J connectivity index is 1.67. The summed E-state index contributed by atoms with van der Waals surface area (Å²) in [6.07, 6.45) is 0. The lowest BCUT2D eigenvalue weighted by Crippen LogP contribution is -2.07. The zero-order chi connectivity index (χ0) is 22.7. The van der Waals surface area contributed by atoms with E-state index in [0.29, 0.717) is 10.0 Å². The molecule has 0 bridgehead atoms. The standard InChI is InChI=1S/C24H17Cl3N2O2S/c1-29-23(32-18-10-7-16(25)8-11-18)20(22(28-29)15-5-3-2-4-6-15)14-31-24(30)19-12-9-17(26)13-21(19)27/h2-13H,14H2,1H3. The molecular formula is C24H17Cl3N2O2S. The number of carbonyl (C=O) groups excluding carboxylic acids is 1. The van der Waals surface area contributed by atoms with Crippen LogP contribution in [0.5, 0.6) is 0 Å². The molecule has 0 atom stereocenters. The van der Waals surface area contributed by atoms with Gasteiger partial charge in [0, 0.05) is 33.1 Å². The normalized spacial score (nSPS) is 10.9. The van der Waals surface area contributed by atoms with Gasteiger partial charge < -0.3 is 4.74 Å². The van der Waals surface area contributed by atoms with Gasteiger partial charge in [-0.2, -0.15) is 5.10 Å². The smallest absolute Gasteiger partial charge is 0.339 e. The Morgan fingerprint density at radius 1 is 0.969 bits per heavy atom. The van der Waals surface area contributed by atoms with Crippen molar-refractivity contribution in [1.82, 2.24) is 9.78 Å². The van der Waals surface area contributed by atoms with E-state index >= 15 is 0 Å². The molecule has 1 heterocycles. The molecule has 4 rings (SSSR count). The largest absolute Gasteiger partial charge is 0.457 e. The summed E-state index contributed by atoms with van der Waals surface area (Å²) in [6, 6.07) is 22.0. The quantitative estimate of drug-likeness (QED) is 0.255. The summed E-state index contributed by atoms with van der Waals surface area (Å²) in [4.78, 5) is 13.7. The summed E-state index contributed by atoms with van der Waals surface area (Å²) in [5.74, 6) is -0.531. The number of hydrogen-bond donors (Lipinski definition) is 0. The van der Waals surface area contributed by atoms with Crippen LogP contribution in [0.15, 0.2) is 82.7 Å². The summed E-state index contributed by atoms with van der Waals surface area (Å²) >= 11 is 19.7. The molecule has 0 saturated heterocycles. The Hall–Kier alpha value is -2.44. The van der Waals surface area contributed by atoms with Gasteiger partial charge in [-0.15, -0.1) is 0 Å². The van der Waals surface area contributed by atoms with Crippen LogP contribution in [-0.2, 0) is 18.4 Å². The molecule has 0 unspecified atom stereocenters. The number of rotatable bonds is 6. The number of nitrogens with zero attached hydrogens (tertiary/aromatic N) is 2. The van der Waals surface area contributed by atoms with Crippen LogP contribution in [0, 0.1) is 0 Å². The van der Waals surface area contributed by atoms with Crippen molar-refractivity contribution in [3.63, 3.8) is 0 Å². The van der Waals surface area contributed by atoms with E-state index in [0.717, 1.165) is 26.7 Å². The Morgan fingerprint density at radius 2 is 1.66 bits per heavy atom. The minimum atomic E-state index is -0.531. The molecule has 4 aromatic rings. The van der Waals surface area contributed by atoms with Crippen molar-refractivity contribution in [1.29, 1.82) is 0 Å². The van der Waals surface area contributed by atoms with Crippen LogP contribution in [-0.4, -0.2) is 15.7 Å². The topological polar surface area (TPSA) is 44.1 Å². The maximum Gasteiger partial charge on any atom is 0.339 e. The fourth-order valence-electron chi connectivity index (χ4n) is 3.12. The van der Waals surface area contributed by atoms with Gasteiger partial charge in [0.1, 0.15) is 17.3 Å². The van der Waals surface area contributed by atoms with Gasteiger partial charge in [-0.25, -0.2) is 4.79 Å². The number of halogens is 3. The fourth-order valence-corrected chi connectivity index (χ4v) is 4.68. The van der Waals surface area contributed by atoms with Crippen LogP contribution in [0.3, 0.4) is 0 Å². The first kappa shape index (κ1) is 22.7. The maximum atomic E-state index is 12.7. The highest BCUT2D eigenvalue weighted by Gasteiger charge is 2.21. The van der Waals surface area contributed by atoms with Crippen molar-refractivity contribution in [2.75, 3.05) is 0 Å². The van der Waals surface area contributed by atoms with Gasteiger partial charge in [0.25, 0.3) is 0 Å². The number of benzene rings is 3. The van der Waals surface area contributed by atoms with Crippen LogP contribution >= 0.6 is 46.6 Å². The molecular weight excluding hydrogens is 487 g/mol. The summed E-state index contributed by atoms with van der Waals surface area (Å²) < 4.78 is 7.45. The fraction of sp³-hybridized carbons (Fsp3) is 0.0833. The number of carbonyl (C=O) groups is 1. The number of aryl methyl sites for hydroxylation is 1. The first-order valence-corrected chi connectivity index (χ1v) is 11.5. The lowest BCUT2D eigenvalue weighted by atomic mass is 10.1. The first-order valence-electron chi connectivity index (χ1n) is 9.59. The summed E-state index contributed by atoms with van der Waals surface area (Å²) in [5.41, 5.74) is 2.74. The Morgan fingerprint density at radius 3 is 2.34 bits per heavy atom. The minimum Gasteiger partial charge on any atom is -0.457 e. The van der Waals surface area contributed by atoms with Crippen LogP contribution < -0.4 is 0 Å². The molecule has 0 N–H and O–H groups in total. The van der Waals surface area contributed by atoms with Crippen molar-refractivity contribution in [3.8, 4) is 11.3 Å². The van der Waals surface area contributed by atoms with Crippen molar-refractivity contribution < 1.29 is 9.53 Å². The molecule has 0 radical (unpaired) electrons. The molecule has 3 aromatic carbocycles. The molecule has 0 fully saturated rings.